The van der Waals surface area contributed by atoms with E-state index in [-0.39, 0.29) is 35.8 Å². The third-order valence-corrected chi connectivity index (χ3v) is 12.8. The molecule has 4 saturated heterocycles. The zero-order valence-electron chi connectivity index (χ0n) is 34.6. The van der Waals surface area contributed by atoms with Gasteiger partial charge in [-0.25, -0.2) is 37.4 Å². The number of hydrogen-bond acceptors (Lipinski definition) is 9. The molecule has 0 spiro atoms. The van der Waals surface area contributed by atoms with Gasteiger partial charge in [0.2, 0.25) is 0 Å². The van der Waals surface area contributed by atoms with Crippen LogP contribution >= 0.6 is 15.9 Å². The van der Waals surface area contributed by atoms with Crippen LogP contribution in [-0.4, -0.2) is 102 Å². The topological polar surface area (TPSA) is 152 Å². The first-order valence-electron chi connectivity index (χ1n) is 21.2. The molecule has 2 aromatic carbocycles. The molecule has 8 heterocycles. The lowest BCUT2D eigenvalue weighted by atomic mass is 10.0. The van der Waals surface area contributed by atoms with E-state index in [0.29, 0.717) is 69.5 Å². The summed E-state index contributed by atoms with van der Waals surface area (Å²) < 4.78 is 33.2. The molecule has 4 amide bonds. The summed E-state index contributed by atoms with van der Waals surface area (Å²) in [5.41, 5.74) is 4.47. The van der Waals surface area contributed by atoms with Gasteiger partial charge in [-0.15, -0.1) is 0 Å². The molecule has 15 nitrogen and oxygen atoms in total. The van der Waals surface area contributed by atoms with Gasteiger partial charge in [0.15, 0.2) is 11.3 Å². The molecule has 6 aromatic rings. The van der Waals surface area contributed by atoms with E-state index in [1.807, 2.05) is 54.4 Å². The SMILES string of the molecule is Cc1ccc([C@H]2CCCN2c2ccn3ncc(NC(=O)N4CC[C@H](C)C4)c3n2)c(F)c1.O=C(Nc1cnn2ccc(N3CCC[C@@H]3c3ccc(Br)cc3F)nc12)N1CC[C@H](O)C1. The molecular formula is C44H49BrF2N12O3. The number of rotatable bonds is 6. The Balaban J connectivity index is 0.000000158. The van der Waals surface area contributed by atoms with Crippen molar-refractivity contribution in [2.45, 2.75) is 70.6 Å². The van der Waals surface area contributed by atoms with Gasteiger partial charge in [0.05, 0.1) is 30.6 Å². The molecule has 0 aliphatic carbocycles. The van der Waals surface area contributed by atoms with E-state index in [1.54, 1.807) is 38.6 Å². The Morgan fingerprint density at radius 3 is 1.74 bits per heavy atom. The van der Waals surface area contributed by atoms with Crippen molar-refractivity contribution in [1.29, 1.82) is 0 Å². The summed E-state index contributed by atoms with van der Waals surface area (Å²) in [5, 5.41) is 24.1. The van der Waals surface area contributed by atoms with Gasteiger partial charge in [-0.1, -0.05) is 41.1 Å². The van der Waals surface area contributed by atoms with Crippen molar-refractivity contribution in [3.8, 4) is 0 Å². The van der Waals surface area contributed by atoms with Crippen molar-refractivity contribution in [3.63, 3.8) is 0 Å². The molecule has 324 valence electrons. The molecule has 62 heavy (non-hydrogen) atoms. The third-order valence-electron chi connectivity index (χ3n) is 12.3. The van der Waals surface area contributed by atoms with Crippen molar-refractivity contribution in [2.75, 3.05) is 59.7 Å². The van der Waals surface area contributed by atoms with Gasteiger partial charge < -0.3 is 35.3 Å². The van der Waals surface area contributed by atoms with Gasteiger partial charge in [0, 0.05) is 67.3 Å². The van der Waals surface area contributed by atoms with E-state index in [0.717, 1.165) is 69.7 Å². The first-order chi connectivity index (χ1) is 30.0. The van der Waals surface area contributed by atoms with Crippen molar-refractivity contribution in [3.05, 3.63) is 106 Å². The summed E-state index contributed by atoms with van der Waals surface area (Å²) in [7, 11) is 0. The molecule has 4 aromatic heterocycles. The number of nitrogens with one attached hydrogen (secondary N) is 2. The highest BCUT2D eigenvalue weighted by Crippen LogP contribution is 2.39. The second-order valence-corrected chi connectivity index (χ2v) is 17.6. The highest BCUT2D eigenvalue weighted by atomic mass is 79.9. The number of likely N-dealkylation sites (tertiary alicyclic amines) is 2. The molecule has 0 unspecified atom stereocenters. The molecule has 0 bridgehead atoms. The third kappa shape index (κ3) is 8.49. The van der Waals surface area contributed by atoms with Crippen molar-refractivity contribution in [2.24, 2.45) is 5.92 Å². The predicted octanol–water partition coefficient (Wildman–Crippen LogP) is 7.96. The maximum atomic E-state index is 14.7. The molecule has 4 aliphatic heterocycles. The summed E-state index contributed by atoms with van der Waals surface area (Å²) in [4.78, 5) is 42.4. The number of urea groups is 2. The minimum atomic E-state index is -0.481. The van der Waals surface area contributed by atoms with Gasteiger partial charge in [0.25, 0.3) is 0 Å². The van der Waals surface area contributed by atoms with Crippen molar-refractivity contribution in [1.82, 2.24) is 39.0 Å². The number of amides is 4. The minimum absolute atomic E-state index is 0.0531. The quantitative estimate of drug-likeness (QED) is 0.151. The molecule has 4 fully saturated rings. The molecule has 18 heteroatoms. The van der Waals surface area contributed by atoms with Crippen LogP contribution in [0.25, 0.3) is 11.3 Å². The predicted molar refractivity (Wildman–Crippen MR) is 235 cm³/mol. The standard InChI is InChI=1S/C23H27FN6O.C21H22BrFN6O2/c1-15-5-6-17(18(24)12-15)20-4-3-9-29(20)21-8-11-30-22(27-21)19(13-25-30)26-23(31)28-10-7-16(2)14-28;22-13-3-4-15(16(23)10-13)18-2-1-7-28(18)19-6-9-29-20(26-19)17(11-24-29)25-21(31)27-8-5-14(30)12-27/h5-6,8,11-13,16,20H,3-4,7,9-10,14H2,1-2H3,(H,26,31);3-4,6,9-11,14,18,30H,1-2,5,7-8,12H2,(H,25,31)/t16-,20+;14-,18+/m00/s1. The molecule has 0 radical (unpaired) electrons. The first-order valence-corrected chi connectivity index (χ1v) is 22.0. The molecule has 4 aliphatic rings. The Kier molecular flexibility index (Phi) is 11.7. The summed E-state index contributed by atoms with van der Waals surface area (Å²) in [6.07, 6.45) is 11.6. The number of hydrogen-bond donors (Lipinski definition) is 3. The van der Waals surface area contributed by atoms with E-state index in [9.17, 15) is 23.5 Å². The second kappa shape index (κ2) is 17.5. The zero-order chi connectivity index (χ0) is 43.1. The van der Waals surface area contributed by atoms with Crippen LogP contribution in [0, 0.1) is 24.5 Å². The van der Waals surface area contributed by atoms with Gasteiger partial charge in [-0.05, 0) is 87.3 Å². The number of carbonyl (C=O) groups is 2. The number of halogens is 3. The summed E-state index contributed by atoms with van der Waals surface area (Å²) in [6.45, 7) is 7.99. The number of aliphatic hydroxyl groups excluding tert-OH is 1. The smallest absolute Gasteiger partial charge is 0.322 e. The van der Waals surface area contributed by atoms with Crippen molar-refractivity contribution < 1.29 is 23.5 Å². The van der Waals surface area contributed by atoms with Crippen LogP contribution in [0.5, 0.6) is 0 Å². The van der Waals surface area contributed by atoms with E-state index < -0.39 is 6.10 Å². The molecule has 3 N–H and O–H groups in total. The average molecular weight is 912 g/mol. The fourth-order valence-corrected chi connectivity index (χ4v) is 9.39. The molecule has 10 rings (SSSR count). The molecular weight excluding hydrogens is 862 g/mol. The average Bonchev–Trinajstić information content (AvgIpc) is 4.12. The summed E-state index contributed by atoms with van der Waals surface area (Å²) in [6, 6.07) is 13.8. The number of anilines is 4. The van der Waals surface area contributed by atoms with Crippen LogP contribution in [0.4, 0.5) is 41.4 Å². The highest BCUT2D eigenvalue weighted by Gasteiger charge is 2.32. The Labute approximate surface area is 365 Å². The fraction of sp³-hybridized carbons (Fsp3) is 0.409. The molecule has 0 saturated carbocycles. The number of aliphatic hydroxyl groups is 1. The lowest BCUT2D eigenvalue weighted by Crippen LogP contribution is -2.33. The van der Waals surface area contributed by atoms with Crippen LogP contribution in [-0.2, 0) is 0 Å². The number of fused-ring (bicyclic) bond motifs is 2. The largest absolute Gasteiger partial charge is 0.391 e. The normalized spacial score (nSPS) is 21.3. The Hall–Kier alpha value is -5.88. The number of benzene rings is 2. The second-order valence-electron chi connectivity index (χ2n) is 16.7. The van der Waals surface area contributed by atoms with Crippen LogP contribution in [0.3, 0.4) is 0 Å². The van der Waals surface area contributed by atoms with Gasteiger partial charge in [-0.3, -0.25) is 0 Å². The molecule has 4 atom stereocenters. The Morgan fingerprint density at radius 1 is 0.710 bits per heavy atom. The van der Waals surface area contributed by atoms with E-state index in [2.05, 4.69) is 53.5 Å². The lowest BCUT2D eigenvalue weighted by molar-refractivity contribution is 0.176. The summed E-state index contributed by atoms with van der Waals surface area (Å²) >= 11 is 3.32. The number of nitrogens with zero attached hydrogens (tertiary/aromatic N) is 10. The fourth-order valence-electron chi connectivity index (χ4n) is 9.05. The number of carbonyl (C=O) groups excluding carboxylic acids is 2. The lowest BCUT2D eigenvalue weighted by Gasteiger charge is -2.26. The Bertz CT molecular complexity index is 2450. The van der Waals surface area contributed by atoms with Gasteiger partial charge >= 0.3 is 12.1 Å². The number of β-amino-alcohol motifs (C(OH)–C–C–N with tert-alkyl or cyclic N) is 1. The number of aryl methyl sites for hydroxylation is 1. The maximum absolute atomic E-state index is 14.7. The van der Waals surface area contributed by atoms with Gasteiger partial charge in [0.1, 0.15) is 34.6 Å². The van der Waals surface area contributed by atoms with Crippen LogP contribution < -0.4 is 20.4 Å². The maximum Gasteiger partial charge on any atom is 0.322 e. The first kappa shape index (κ1) is 41.5. The van der Waals surface area contributed by atoms with E-state index in [1.165, 1.54) is 6.07 Å². The van der Waals surface area contributed by atoms with Gasteiger partial charge in [-0.2, -0.15) is 10.2 Å². The van der Waals surface area contributed by atoms with Crippen LogP contribution in [0.15, 0.2) is 77.8 Å². The van der Waals surface area contributed by atoms with E-state index >= 15 is 0 Å². The highest BCUT2D eigenvalue weighted by molar-refractivity contribution is 9.10. The summed E-state index contributed by atoms with van der Waals surface area (Å²) in [5.74, 6) is 1.59. The Morgan fingerprint density at radius 2 is 1.24 bits per heavy atom. The monoisotopic (exact) mass is 910 g/mol. The van der Waals surface area contributed by atoms with E-state index in [4.69, 9.17) is 9.97 Å². The minimum Gasteiger partial charge on any atom is -0.391 e. The van der Waals surface area contributed by atoms with Crippen molar-refractivity contribution >= 4 is 62.3 Å². The van der Waals surface area contributed by atoms with Crippen LogP contribution in [0.2, 0.25) is 0 Å². The van der Waals surface area contributed by atoms with Crippen LogP contribution in [0.1, 0.15) is 74.2 Å². The number of aromatic nitrogens is 6. The zero-order valence-corrected chi connectivity index (χ0v) is 36.2.